The molecule has 2 unspecified atom stereocenters. The Morgan fingerprint density at radius 3 is 2.96 bits per heavy atom. The Balaban J connectivity index is 1.91. The van der Waals surface area contributed by atoms with Gasteiger partial charge in [-0.15, -0.1) is 0 Å². The lowest BCUT2D eigenvalue weighted by atomic mass is 9.94. The second-order valence-corrected chi connectivity index (χ2v) is 6.87. The third-order valence-corrected chi connectivity index (χ3v) is 4.70. The van der Waals surface area contributed by atoms with Gasteiger partial charge in [0, 0.05) is 33.1 Å². The van der Waals surface area contributed by atoms with Crippen LogP contribution in [0.5, 0.6) is 0 Å². The van der Waals surface area contributed by atoms with Crippen LogP contribution in [0.4, 0.5) is 0 Å². The van der Waals surface area contributed by atoms with Gasteiger partial charge in [-0.1, -0.05) is 36.8 Å². The highest BCUT2D eigenvalue weighted by atomic mass is 16.1. The maximum Gasteiger partial charge on any atom is 0.217 e. The number of nitrogens with one attached hydrogen (secondary N) is 1. The van der Waals surface area contributed by atoms with Crippen molar-refractivity contribution in [1.29, 1.82) is 0 Å². The first-order valence-electron chi connectivity index (χ1n) is 8.80. The number of carbonyl (C=O) groups excluding carboxylic acids is 1. The van der Waals surface area contributed by atoms with E-state index in [1.807, 2.05) is 7.05 Å². The van der Waals surface area contributed by atoms with Gasteiger partial charge in [0.05, 0.1) is 0 Å². The number of nitrogens with zero attached hydrogens (tertiary/aromatic N) is 2. The Bertz CT molecular complexity index is 584. The highest BCUT2D eigenvalue weighted by Gasteiger charge is 2.23. The number of nitrogens with two attached hydrogens (primary N) is 1. The van der Waals surface area contributed by atoms with E-state index < -0.39 is 0 Å². The van der Waals surface area contributed by atoms with Crippen LogP contribution >= 0.6 is 0 Å². The fourth-order valence-electron chi connectivity index (χ4n) is 3.38. The van der Waals surface area contributed by atoms with Crippen molar-refractivity contribution in [3.63, 3.8) is 0 Å². The van der Waals surface area contributed by atoms with Crippen molar-refractivity contribution in [3.8, 4) is 0 Å². The summed E-state index contributed by atoms with van der Waals surface area (Å²) < 4.78 is 0. The summed E-state index contributed by atoms with van der Waals surface area (Å²) >= 11 is 0. The number of hydrogen-bond donors (Lipinski definition) is 2. The van der Waals surface area contributed by atoms with Crippen molar-refractivity contribution in [2.45, 2.75) is 39.0 Å². The number of amides is 1. The lowest BCUT2D eigenvalue weighted by Crippen LogP contribution is -2.47. The van der Waals surface area contributed by atoms with Gasteiger partial charge < -0.3 is 16.0 Å². The Morgan fingerprint density at radius 1 is 1.50 bits per heavy atom. The van der Waals surface area contributed by atoms with Crippen molar-refractivity contribution < 1.29 is 4.79 Å². The van der Waals surface area contributed by atoms with Crippen LogP contribution < -0.4 is 11.1 Å². The molecule has 1 aromatic carbocycles. The van der Waals surface area contributed by atoms with E-state index in [1.165, 1.54) is 11.1 Å². The largest absolute Gasteiger partial charge is 0.370 e. The molecule has 132 valence electrons. The van der Waals surface area contributed by atoms with Gasteiger partial charge in [0.1, 0.15) is 0 Å². The van der Waals surface area contributed by atoms with E-state index in [9.17, 15) is 4.79 Å². The van der Waals surface area contributed by atoms with Gasteiger partial charge in [0.25, 0.3) is 0 Å². The first-order valence-corrected chi connectivity index (χ1v) is 8.80. The molecule has 1 heterocycles. The molecule has 3 N–H and O–H groups in total. The predicted molar refractivity (Wildman–Crippen MR) is 99.1 cm³/mol. The molecule has 1 aliphatic heterocycles. The second-order valence-electron chi connectivity index (χ2n) is 6.87. The van der Waals surface area contributed by atoms with E-state index in [0.717, 1.165) is 38.4 Å². The molecule has 1 aromatic rings. The average molecular weight is 330 g/mol. The van der Waals surface area contributed by atoms with E-state index >= 15 is 0 Å². The molecule has 2 rings (SSSR count). The van der Waals surface area contributed by atoms with E-state index in [0.29, 0.717) is 18.3 Å². The van der Waals surface area contributed by atoms with Crippen LogP contribution in [-0.4, -0.2) is 43.4 Å². The molecule has 5 nitrogen and oxygen atoms in total. The van der Waals surface area contributed by atoms with Gasteiger partial charge in [-0.3, -0.25) is 9.79 Å². The normalized spacial score (nSPS) is 19.9. The zero-order valence-electron chi connectivity index (χ0n) is 15.1. The van der Waals surface area contributed by atoms with Crippen molar-refractivity contribution in [2.24, 2.45) is 16.6 Å². The van der Waals surface area contributed by atoms with E-state index in [2.05, 4.69) is 53.3 Å². The van der Waals surface area contributed by atoms with Gasteiger partial charge in [-0.25, -0.2) is 0 Å². The number of rotatable bonds is 5. The predicted octanol–water partition coefficient (Wildman–Crippen LogP) is 2.26. The van der Waals surface area contributed by atoms with Crippen LogP contribution in [0.2, 0.25) is 0 Å². The summed E-state index contributed by atoms with van der Waals surface area (Å²) in [6.07, 6.45) is 2.61. The maximum absolute atomic E-state index is 11.2. The molecule has 1 fully saturated rings. The molecule has 2 atom stereocenters. The molecule has 0 aromatic heterocycles. The monoisotopic (exact) mass is 330 g/mol. The maximum atomic E-state index is 11.2. The number of primary amides is 1. The Morgan fingerprint density at radius 2 is 2.29 bits per heavy atom. The van der Waals surface area contributed by atoms with Crippen LogP contribution in [0.1, 0.15) is 43.2 Å². The molecular weight excluding hydrogens is 300 g/mol. The summed E-state index contributed by atoms with van der Waals surface area (Å²) in [5.41, 5.74) is 7.97. The topological polar surface area (TPSA) is 70.7 Å². The van der Waals surface area contributed by atoms with E-state index in [4.69, 9.17) is 5.73 Å². The highest BCUT2D eigenvalue weighted by Crippen LogP contribution is 2.20. The third kappa shape index (κ3) is 5.25. The van der Waals surface area contributed by atoms with Crippen molar-refractivity contribution >= 4 is 11.9 Å². The van der Waals surface area contributed by atoms with Crippen LogP contribution in [0, 0.1) is 12.8 Å². The number of piperidine rings is 1. The number of guanidine groups is 1. The number of aliphatic imine (C=N–C) groups is 1. The Kier molecular flexibility index (Phi) is 6.64. The lowest BCUT2D eigenvalue weighted by Gasteiger charge is -2.35. The summed E-state index contributed by atoms with van der Waals surface area (Å²) in [5, 5.41) is 3.49. The molecule has 1 amide bonds. The average Bonchev–Trinajstić information content (AvgIpc) is 2.55. The van der Waals surface area contributed by atoms with Gasteiger partial charge in [-0.2, -0.15) is 0 Å². The fourth-order valence-corrected chi connectivity index (χ4v) is 3.38. The standard InChI is InChI=1S/C19H30N4O/c1-14-6-4-8-17(10-14)15(2)12-22-19(21-3)23-9-5-7-16(13-23)11-18(20)24/h4,6,8,10,15-16H,5,7,9,11-13H2,1-3H3,(H2,20,24)(H,21,22). The van der Waals surface area contributed by atoms with Crippen LogP contribution in [0.15, 0.2) is 29.3 Å². The third-order valence-electron chi connectivity index (χ3n) is 4.70. The minimum absolute atomic E-state index is 0.210. The van der Waals surface area contributed by atoms with Gasteiger partial charge in [-0.05, 0) is 37.2 Å². The van der Waals surface area contributed by atoms with Crippen molar-refractivity contribution in [3.05, 3.63) is 35.4 Å². The van der Waals surface area contributed by atoms with Crippen molar-refractivity contribution in [2.75, 3.05) is 26.7 Å². The van der Waals surface area contributed by atoms with Gasteiger partial charge >= 0.3 is 0 Å². The number of hydrogen-bond acceptors (Lipinski definition) is 2. The summed E-state index contributed by atoms with van der Waals surface area (Å²) in [6, 6.07) is 8.63. The van der Waals surface area contributed by atoms with Crippen LogP contribution in [-0.2, 0) is 4.79 Å². The van der Waals surface area contributed by atoms with E-state index in [1.54, 1.807) is 0 Å². The zero-order valence-corrected chi connectivity index (χ0v) is 15.1. The SMILES string of the molecule is CN=C(NCC(C)c1cccc(C)c1)N1CCCC(CC(N)=O)C1. The summed E-state index contributed by atoms with van der Waals surface area (Å²) in [7, 11) is 1.82. The number of carbonyl (C=O) groups is 1. The minimum Gasteiger partial charge on any atom is -0.370 e. The molecule has 0 aliphatic carbocycles. The van der Waals surface area contributed by atoms with Gasteiger partial charge in [0.15, 0.2) is 5.96 Å². The summed E-state index contributed by atoms with van der Waals surface area (Å²) in [4.78, 5) is 17.8. The fraction of sp³-hybridized carbons (Fsp3) is 0.579. The molecule has 1 saturated heterocycles. The van der Waals surface area contributed by atoms with Crippen molar-refractivity contribution in [1.82, 2.24) is 10.2 Å². The Labute approximate surface area is 145 Å². The first kappa shape index (κ1) is 18.3. The van der Waals surface area contributed by atoms with Crippen LogP contribution in [0.25, 0.3) is 0 Å². The number of benzene rings is 1. The summed E-state index contributed by atoms with van der Waals surface area (Å²) in [5.74, 6) is 1.46. The molecule has 0 saturated carbocycles. The van der Waals surface area contributed by atoms with E-state index in [-0.39, 0.29) is 5.91 Å². The highest BCUT2D eigenvalue weighted by molar-refractivity contribution is 5.80. The minimum atomic E-state index is -0.210. The van der Waals surface area contributed by atoms with Crippen LogP contribution in [0.3, 0.4) is 0 Å². The molecule has 1 aliphatic rings. The molecule has 0 radical (unpaired) electrons. The Hall–Kier alpha value is -2.04. The quantitative estimate of drug-likeness (QED) is 0.642. The lowest BCUT2D eigenvalue weighted by molar-refractivity contribution is -0.119. The molecule has 5 heteroatoms. The number of aryl methyl sites for hydroxylation is 1. The second kappa shape index (κ2) is 8.71. The molecule has 0 bridgehead atoms. The first-order chi connectivity index (χ1) is 11.5. The van der Waals surface area contributed by atoms with Gasteiger partial charge in [0.2, 0.25) is 5.91 Å². The number of likely N-dealkylation sites (tertiary alicyclic amines) is 1. The summed E-state index contributed by atoms with van der Waals surface area (Å²) in [6.45, 7) is 7.01. The molecule has 0 spiro atoms. The molecular formula is C19H30N4O. The zero-order chi connectivity index (χ0) is 17.5. The smallest absolute Gasteiger partial charge is 0.217 e. The molecule has 24 heavy (non-hydrogen) atoms.